The number of carbonyl (C=O) groups excluding carboxylic acids is 2. The van der Waals surface area contributed by atoms with E-state index in [2.05, 4.69) is 0 Å². The molecule has 0 aromatic heterocycles. The molecule has 3 N–H and O–H groups in total. The van der Waals surface area contributed by atoms with E-state index < -0.39 is 62.1 Å². The van der Waals surface area contributed by atoms with E-state index in [0.717, 1.165) is 30.0 Å². The Bertz CT molecular complexity index is 2310. The van der Waals surface area contributed by atoms with E-state index in [-0.39, 0.29) is 11.4 Å². The molecule has 0 spiro atoms. The van der Waals surface area contributed by atoms with Crippen LogP contribution in [0.15, 0.2) is 120 Å². The van der Waals surface area contributed by atoms with E-state index in [1.807, 2.05) is 47.2 Å². The fraction of sp³-hybridized carbons (Fsp3) is 0.150. The molecule has 0 aliphatic heterocycles. The Morgan fingerprint density at radius 1 is 0.750 bits per heavy atom. The first-order valence-corrected chi connectivity index (χ1v) is 17.9. The standard InChI is InChI=1S/C40H34N2O9S/c1-25-11-5-8-20-36(25)52(49,50)41-37(43)31-22-32(34(40(47)48)23-33(31)39(45)46)38(44)42(35-19-10-14-27-13-6-7-18-30(27)35)24-26-12-9-17-29(21-26)51-28-15-3-2-4-16-28/h2-9,11-13,15-18,20-23,35H,10,14,19,24H2,1H3,(H,41,43)(H,45,46)(H,47,48)/t35-/m0/s1. The number of carbonyl (C=O) groups is 4. The summed E-state index contributed by atoms with van der Waals surface area (Å²) in [5.74, 6) is -4.31. The molecule has 2 amide bonds. The minimum absolute atomic E-state index is 0.00718. The Morgan fingerprint density at radius 2 is 1.38 bits per heavy atom. The van der Waals surface area contributed by atoms with E-state index in [0.29, 0.717) is 35.1 Å². The van der Waals surface area contributed by atoms with Crippen molar-refractivity contribution < 1.29 is 42.5 Å². The smallest absolute Gasteiger partial charge is 0.336 e. The highest BCUT2D eigenvalue weighted by molar-refractivity contribution is 7.90. The number of nitrogens with one attached hydrogen (secondary N) is 1. The lowest BCUT2D eigenvalue weighted by atomic mass is 9.86. The first-order valence-electron chi connectivity index (χ1n) is 16.4. The maximum atomic E-state index is 14.8. The van der Waals surface area contributed by atoms with Crippen LogP contribution in [0.2, 0.25) is 0 Å². The number of amides is 2. The summed E-state index contributed by atoms with van der Waals surface area (Å²) in [6.07, 6.45) is 2.06. The summed E-state index contributed by atoms with van der Waals surface area (Å²) in [5, 5.41) is 20.3. The van der Waals surface area contributed by atoms with Crippen LogP contribution in [0.25, 0.3) is 0 Å². The van der Waals surface area contributed by atoms with Crippen LogP contribution >= 0.6 is 0 Å². The number of aromatic carboxylic acids is 2. The van der Waals surface area contributed by atoms with Crippen molar-refractivity contribution in [3.63, 3.8) is 0 Å². The molecule has 0 unspecified atom stereocenters. The van der Waals surface area contributed by atoms with Crippen molar-refractivity contribution in [1.82, 2.24) is 9.62 Å². The number of para-hydroxylation sites is 1. The number of sulfonamides is 1. The molecule has 1 aliphatic carbocycles. The molecule has 1 aliphatic rings. The first kappa shape index (κ1) is 35.6. The zero-order valence-corrected chi connectivity index (χ0v) is 28.8. The van der Waals surface area contributed by atoms with Crippen LogP contribution < -0.4 is 9.46 Å². The zero-order valence-electron chi connectivity index (χ0n) is 28.0. The summed E-state index contributed by atoms with van der Waals surface area (Å²) >= 11 is 0. The predicted octanol–water partition coefficient (Wildman–Crippen LogP) is 7.02. The number of hydrogen-bond donors (Lipinski definition) is 3. The van der Waals surface area contributed by atoms with Crippen LogP contribution in [0.3, 0.4) is 0 Å². The van der Waals surface area contributed by atoms with E-state index in [1.54, 1.807) is 42.5 Å². The number of rotatable bonds is 11. The fourth-order valence-electron chi connectivity index (χ4n) is 6.47. The molecule has 5 aromatic rings. The van der Waals surface area contributed by atoms with Crippen LogP contribution in [0.4, 0.5) is 0 Å². The van der Waals surface area contributed by atoms with Crippen LogP contribution in [0.5, 0.6) is 11.5 Å². The van der Waals surface area contributed by atoms with Gasteiger partial charge in [0, 0.05) is 6.54 Å². The molecule has 0 saturated heterocycles. The van der Waals surface area contributed by atoms with Gasteiger partial charge in [0.05, 0.1) is 33.2 Å². The van der Waals surface area contributed by atoms with Crippen molar-refractivity contribution in [1.29, 1.82) is 0 Å². The Morgan fingerprint density at radius 3 is 2.12 bits per heavy atom. The monoisotopic (exact) mass is 718 g/mol. The Hall–Kier alpha value is -6.27. The van der Waals surface area contributed by atoms with Crippen LogP contribution in [-0.2, 0) is 23.0 Å². The number of fused-ring (bicyclic) bond motifs is 1. The predicted molar refractivity (Wildman–Crippen MR) is 191 cm³/mol. The zero-order chi connectivity index (χ0) is 37.0. The van der Waals surface area contributed by atoms with Crippen LogP contribution in [0.1, 0.15) is 82.6 Å². The van der Waals surface area contributed by atoms with Gasteiger partial charge in [0.15, 0.2) is 0 Å². The Labute approximate surface area is 300 Å². The average molecular weight is 719 g/mol. The minimum Gasteiger partial charge on any atom is -0.478 e. The number of nitrogens with zero attached hydrogens (tertiary/aromatic N) is 1. The summed E-state index contributed by atoms with van der Waals surface area (Å²) in [4.78, 5) is 54.7. The molecule has 264 valence electrons. The second-order valence-electron chi connectivity index (χ2n) is 12.4. The molecule has 52 heavy (non-hydrogen) atoms. The van der Waals surface area contributed by atoms with Gasteiger partial charge < -0.3 is 19.8 Å². The topological polar surface area (TPSA) is 167 Å². The van der Waals surface area contributed by atoms with Crippen molar-refractivity contribution >= 4 is 33.8 Å². The molecule has 1 atom stereocenters. The molecule has 0 bridgehead atoms. The maximum absolute atomic E-state index is 14.8. The summed E-state index contributed by atoms with van der Waals surface area (Å²) < 4.78 is 34.4. The number of carboxylic acids is 2. The van der Waals surface area contributed by atoms with Gasteiger partial charge >= 0.3 is 11.9 Å². The van der Waals surface area contributed by atoms with E-state index in [9.17, 15) is 37.8 Å². The van der Waals surface area contributed by atoms with E-state index >= 15 is 0 Å². The molecule has 5 aromatic carbocycles. The normalized spacial score (nSPS) is 13.8. The molecule has 0 radical (unpaired) electrons. The first-order chi connectivity index (χ1) is 24.9. The quantitative estimate of drug-likeness (QED) is 0.130. The molecule has 0 fully saturated rings. The highest BCUT2D eigenvalue weighted by atomic mass is 32.2. The number of hydrogen-bond acceptors (Lipinski definition) is 7. The summed E-state index contributed by atoms with van der Waals surface area (Å²) in [6.45, 7) is 1.52. The fourth-order valence-corrected chi connectivity index (χ4v) is 7.68. The molecular weight excluding hydrogens is 685 g/mol. The lowest BCUT2D eigenvalue weighted by molar-refractivity contribution is 0.0613. The van der Waals surface area contributed by atoms with E-state index in [4.69, 9.17) is 4.74 Å². The van der Waals surface area contributed by atoms with Crippen LogP contribution in [-0.4, -0.2) is 47.3 Å². The van der Waals surface area contributed by atoms with Gasteiger partial charge in [-0.3, -0.25) is 9.59 Å². The van der Waals surface area contributed by atoms with Gasteiger partial charge in [0.1, 0.15) is 11.5 Å². The van der Waals surface area contributed by atoms with Gasteiger partial charge in [-0.1, -0.05) is 72.8 Å². The highest BCUT2D eigenvalue weighted by Crippen LogP contribution is 2.37. The van der Waals surface area contributed by atoms with Gasteiger partial charge in [0.2, 0.25) is 0 Å². The molecule has 11 nitrogen and oxygen atoms in total. The Balaban J connectivity index is 1.45. The summed E-state index contributed by atoms with van der Waals surface area (Å²) in [7, 11) is -4.49. The van der Waals surface area contributed by atoms with Gasteiger partial charge in [0.25, 0.3) is 21.8 Å². The summed E-state index contributed by atoms with van der Waals surface area (Å²) in [6, 6.07) is 30.8. The maximum Gasteiger partial charge on any atom is 0.336 e. The van der Waals surface area contributed by atoms with Crippen molar-refractivity contribution in [2.24, 2.45) is 0 Å². The van der Waals surface area contributed by atoms with Crippen molar-refractivity contribution in [3.05, 3.63) is 160 Å². The van der Waals surface area contributed by atoms with E-state index in [1.165, 1.54) is 30.0 Å². The lowest BCUT2D eigenvalue weighted by Gasteiger charge is -2.36. The third kappa shape index (κ3) is 7.57. The number of benzene rings is 5. The molecule has 12 heteroatoms. The van der Waals surface area contributed by atoms with Crippen molar-refractivity contribution in [3.8, 4) is 11.5 Å². The highest BCUT2D eigenvalue weighted by Gasteiger charge is 2.34. The molecule has 0 heterocycles. The van der Waals surface area contributed by atoms with Crippen LogP contribution in [0, 0.1) is 6.92 Å². The number of ether oxygens (including phenoxy) is 1. The number of carboxylic acid groups (broad SMARTS) is 2. The largest absolute Gasteiger partial charge is 0.478 e. The van der Waals surface area contributed by atoms with Gasteiger partial charge in [-0.15, -0.1) is 0 Å². The molecule has 0 saturated carbocycles. The molecular formula is C40H34N2O9S. The molecule has 6 rings (SSSR count). The SMILES string of the molecule is Cc1ccccc1S(=O)(=O)NC(=O)c1cc(C(=O)N(Cc2cccc(Oc3ccccc3)c2)[C@H]2CCCc3ccccc32)c(C(=O)O)cc1C(=O)O. The third-order valence-corrected chi connectivity index (χ3v) is 10.4. The summed E-state index contributed by atoms with van der Waals surface area (Å²) in [5.41, 5.74) is 0.281. The van der Waals surface area contributed by atoms with Gasteiger partial charge in [-0.05, 0) is 90.9 Å². The average Bonchev–Trinajstić information content (AvgIpc) is 3.13. The van der Waals surface area contributed by atoms with Gasteiger partial charge in [-0.25, -0.2) is 22.7 Å². The minimum atomic E-state index is -4.49. The number of aryl methyl sites for hydroxylation is 2. The second-order valence-corrected chi connectivity index (χ2v) is 14.0. The lowest BCUT2D eigenvalue weighted by Crippen LogP contribution is -2.38. The van der Waals surface area contributed by atoms with Crippen molar-refractivity contribution in [2.75, 3.05) is 0 Å². The second kappa shape index (κ2) is 14.9. The van der Waals surface area contributed by atoms with Crippen molar-refractivity contribution in [2.45, 2.75) is 43.7 Å². The Kier molecular flexibility index (Phi) is 10.2. The van der Waals surface area contributed by atoms with Gasteiger partial charge in [-0.2, -0.15) is 0 Å². The third-order valence-electron chi connectivity index (χ3n) is 8.91.